The average Bonchev–Trinajstić information content (AvgIpc) is 4.13. The Morgan fingerprint density at radius 2 is 0.680 bits per heavy atom. The molecule has 1 aromatic heterocycles. The highest BCUT2D eigenvalue weighted by molar-refractivity contribution is 6.42. The highest BCUT2D eigenvalue weighted by Gasteiger charge is 2.27. The van der Waals surface area contributed by atoms with Gasteiger partial charge in [0.05, 0.1) is 11.4 Å². The van der Waals surface area contributed by atoms with Crippen LogP contribution in [0.3, 0.4) is 0 Å². The summed E-state index contributed by atoms with van der Waals surface area (Å²) in [6.07, 6.45) is 11.5. The van der Waals surface area contributed by atoms with Crippen molar-refractivity contribution in [2.24, 2.45) is 4.99 Å². The third kappa shape index (κ3) is 10.7. The predicted octanol–water partition coefficient (Wildman–Crippen LogP) is 18.3. The first-order chi connectivity index (χ1) is 37.0. The fourth-order valence-electron chi connectivity index (χ4n) is 9.47. The predicted molar refractivity (Wildman–Crippen MR) is 312 cm³/mol. The summed E-state index contributed by atoms with van der Waals surface area (Å²) in [6.45, 7) is 0. The normalized spacial score (nSPS) is 12.7. The lowest BCUT2D eigenvalue weighted by Gasteiger charge is -2.25. The van der Waals surface area contributed by atoms with Crippen molar-refractivity contribution < 1.29 is 8.63 Å². The van der Waals surface area contributed by atoms with E-state index in [2.05, 4.69) is 124 Å². The van der Waals surface area contributed by atoms with Crippen LogP contribution in [0, 0.1) is 0 Å². The largest absolute Gasteiger partial charge is 0.678 e. The van der Waals surface area contributed by atoms with Gasteiger partial charge in [-0.3, -0.25) is 8.63 Å². The number of rotatable bonds is 16. The van der Waals surface area contributed by atoms with E-state index in [4.69, 9.17) is 4.99 Å². The Kier molecular flexibility index (Phi) is 14.1. The molecule has 0 N–H and O–H groups in total. The van der Waals surface area contributed by atoms with Gasteiger partial charge in [-0.25, -0.2) is 4.99 Å². The van der Waals surface area contributed by atoms with Gasteiger partial charge in [0.1, 0.15) is 0 Å². The van der Waals surface area contributed by atoms with Crippen molar-refractivity contribution in [3.8, 4) is 0 Å². The van der Waals surface area contributed by atoms with Crippen LogP contribution in [-0.4, -0.2) is 17.6 Å². The fraction of sp³-hybridized carbons (Fsp3) is 0. The van der Waals surface area contributed by atoms with E-state index in [0.29, 0.717) is 28.4 Å². The third-order valence-electron chi connectivity index (χ3n) is 13.0. The van der Waals surface area contributed by atoms with E-state index in [1.807, 2.05) is 176 Å². The first-order valence-electron chi connectivity index (χ1n) is 24.9. The summed E-state index contributed by atoms with van der Waals surface area (Å²) in [7, 11) is -2.85. The maximum absolute atomic E-state index is 15.7. The zero-order chi connectivity index (χ0) is 50.8. The number of nitrogens with zero attached hydrogens (tertiary/aromatic N) is 5. The van der Waals surface area contributed by atoms with Crippen LogP contribution in [0.1, 0.15) is 28.1 Å². The van der Waals surface area contributed by atoms with Crippen molar-refractivity contribution in [2.45, 2.75) is 0 Å². The van der Waals surface area contributed by atoms with Crippen LogP contribution in [-0.2, 0) is 0 Å². The maximum Gasteiger partial charge on any atom is 0.678 e. The highest BCUT2D eigenvalue weighted by Crippen LogP contribution is 2.39. The summed E-state index contributed by atoms with van der Waals surface area (Å²) < 4.78 is 32.5. The van der Waals surface area contributed by atoms with Gasteiger partial charge in [0, 0.05) is 68.1 Å². The molecule has 11 rings (SSSR count). The topological polar surface area (TPSA) is 27.0 Å². The lowest BCUT2D eigenvalue weighted by Crippen LogP contribution is -2.18. The Bertz CT molecular complexity index is 3520. The van der Waals surface area contributed by atoms with Gasteiger partial charge in [-0.15, -0.1) is 0 Å². The van der Waals surface area contributed by atoms with Gasteiger partial charge < -0.3 is 19.2 Å². The SMILES string of the molecule is FB(F)n1c(/C=C/c2ccc(N(c3ccccc3)c3ccccc3)cc2)ccc1/C(=C1\C=CC(/C=C/c2ccc(N(c3ccccc3)c3ccccc3)cc2)=N1)c1ccc(N(c2ccccc2)c2ccccc2)cc1. The second-order valence-corrected chi connectivity index (χ2v) is 17.8. The van der Waals surface area contributed by atoms with Crippen LogP contribution < -0.4 is 14.7 Å². The number of halogens is 2. The molecule has 0 spiro atoms. The van der Waals surface area contributed by atoms with Gasteiger partial charge in [0.2, 0.25) is 0 Å². The number of benzene rings is 9. The molecule has 9 aromatic carbocycles. The summed E-state index contributed by atoms with van der Waals surface area (Å²) in [5, 5.41) is 0. The smallest absolute Gasteiger partial charge is 0.325 e. The minimum Gasteiger partial charge on any atom is -0.325 e. The minimum atomic E-state index is -2.85. The molecule has 0 radical (unpaired) electrons. The number of aromatic nitrogens is 1. The quantitative estimate of drug-likeness (QED) is 0.0903. The van der Waals surface area contributed by atoms with Crippen LogP contribution >= 0.6 is 0 Å². The first kappa shape index (κ1) is 47.5. The molecule has 0 fully saturated rings. The Morgan fingerprint density at radius 1 is 0.347 bits per heavy atom. The molecule has 0 aliphatic carbocycles. The van der Waals surface area contributed by atoms with E-state index in [1.54, 1.807) is 18.2 Å². The van der Waals surface area contributed by atoms with Gasteiger partial charge in [-0.05, 0) is 162 Å². The van der Waals surface area contributed by atoms with Gasteiger partial charge in [-0.2, -0.15) is 0 Å². The minimum absolute atomic E-state index is 0.350. The zero-order valence-corrected chi connectivity index (χ0v) is 40.9. The van der Waals surface area contributed by atoms with E-state index < -0.39 is 7.40 Å². The van der Waals surface area contributed by atoms with Gasteiger partial charge in [-0.1, -0.05) is 158 Å². The summed E-state index contributed by atoms with van der Waals surface area (Å²) in [4.78, 5) is 11.7. The standard InChI is InChI=1S/C67H50BF2N5/c69-68(70)75-64(45-36-52-34-43-62(44-35-52)73(57-23-11-3-12-24-57)58-25-13-4-14-26-58)48-50-66(75)67(53-37-46-63(47-38-53)74(59-27-15-5-16-28-59)60-29-17-6-18-30-60)65-49-40-54(71-65)39-31-51-32-41-61(42-33-51)72(55-19-7-1-8-20-55)56-21-9-2-10-22-56/h1-50H/b39-31+,45-36+,67-65+. The Hall–Kier alpha value is -9.79. The van der Waals surface area contributed by atoms with Crippen LogP contribution in [0.15, 0.2) is 296 Å². The Balaban J connectivity index is 0.934. The molecule has 8 heteroatoms. The Labute approximate surface area is 437 Å². The average molecular weight is 974 g/mol. The van der Waals surface area contributed by atoms with Gasteiger partial charge >= 0.3 is 7.40 Å². The van der Waals surface area contributed by atoms with Crippen molar-refractivity contribution >= 4 is 88.1 Å². The maximum atomic E-state index is 15.7. The molecule has 5 nitrogen and oxygen atoms in total. The molecule has 360 valence electrons. The number of aliphatic imine (C=N–C) groups is 1. The molecule has 0 unspecified atom stereocenters. The van der Waals surface area contributed by atoms with Crippen LogP contribution in [0.5, 0.6) is 0 Å². The van der Waals surface area contributed by atoms with Gasteiger partial charge in [0.15, 0.2) is 0 Å². The second kappa shape index (κ2) is 22.3. The van der Waals surface area contributed by atoms with E-state index in [9.17, 15) is 0 Å². The highest BCUT2D eigenvalue weighted by atomic mass is 19.2. The zero-order valence-electron chi connectivity index (χ0n) is 40.9. The molecule has 2 heterocycles. The molecule has 0 saturated carbocycles. The molecule has 0 bridgehead atoms. The molecular weight excluding hydrogens is 924 g/mol. The molecular formula is C67H50BF2N5. The molecule has 1 aliphatic rings. The number of para-hydroxylation sites is 6. The summed E-state index contributed by atoms with van der Waals surface area (Å²) in [5.41, 5.74) is 14.3. The van der Waals surface area contributed by atoms with Crippen molar-refractivity contribution in [1.29, 1.82) is 0 Å². The summed E-state index contributed by atoms with van der Waals surface area (Å²) in [6, 6.07) is 89.5. The number of allylic oxidation sites excluding steroid dienone is 3. The molecule has 0 saturated heterocycles. The van der Waals surface area contributed by atoms with Crippen LogP contribution in [0.4, 0.5) is 59.8 Å². The number of anilines is 9. The second-order valence-electron chi connectivity index (χ2n) is 17.8. The van der Waals surface area contributed by atoms with E-state index >= 15 is 8.63 Å². The number of hydrogen-bond donors (Lipinski definition) is 0. The Morgan fingerprint density at radius 3 is 1.04 bits per heavy atom. The van der Waals surface area contributed by atoms with E-state index in [0.717, 1.165) is 72.4 Å². The molecule has 1 aliphatic heterocycles. The molecule has 0 atom stereocenters. The fourth-order valence-corrected chi connectivity index (χ4v) is 9.47. The van der Waals surface area contributed by atoms with Crippen molar-refractivity contribution in [3.63, 3.8) is 0 Å². The third-order valence-corrected chi connectivity index (χ3v) is 13.0. The monoisotopic (exact) mass is 973 g/mol. The van der Waals surface area contributed by atoms with E-state index in [1.165, 1.54) is 0 Å². The van der Waals surface area contributed by atoms with Crippen LogP contribution in [0.25, 0.3) is 23.8 Å². The lowest BCUT2D eigenvalue weighted by molar-refractivity contribution is 0.627. The van der Waals surface area contributed by atoms with Crippen LogP contribution in [0.2, 0.25) is 0 Å². The molecule has 75 heavy (non-hydrogen) atoms. The number of hydrogen-bond acceptors (Lipinski definition) is 4. The first-order valence-corrected chi connectivity index (χ1v) is 24.9. The summed E-state index contributed by atoms with van der Waals surface area (Å²) >= 11 is 0. The molecule has 10 aromatic rings. The van der Waals surface area contributed by atoms with Crippen molar-refractivity contribution in [2.75, 3.05) is 14.7 Å². The van der Waals surface area contributed by atoms with Gasteiger partial charge in [0.25, 0.3) is 0 Å². The van der Waals surface area contributed by atoms with E-state index in [-0.39, 0.29) is 0 Å². The van der Waals surface area contributed by atoms with Crippen molar-refractivity contribution in [1.82, 2.24) is 4.48 Å². The lowest BCUT2D eigenvalue weighted by atomic mass is 9.98. The van der Waals surface area contributed by atoms with Crippen molar-refractivity contribution in [3.05, 3.63) is 319 Å². The molecule has 0 amide bonds. The summed E-state index contributed by atoms with van der Waals surface area (Å²) in [5.74, 6) is 0.